The SMILES string of the molecule is Cc1sc(-c2ccco2)nc1C(=O)N1CCCN(CC(F)(F)F)CC1. The Hall–Kier alpha value is -1.87. The molecule has 5 nitrogen and oxygen atoms in total. The molecule has 1 fully saturated rings. The molecule has 0 bridgehead atoms. The molecule has 2 aromatic heterocycles. The van der Waals surface area contributed by atoms with Crippen molar-refractivity contribution in [1.82, 2.24) is 14.8 Å². The fraction of sp³-hybridized carbons (Fsp3) is 0.500. The molecule has 3 rings (SSSR count). The van der Waals surface area contributed by atoms with Gasteiger partial charge in [-0.25, -0.2) is 4.98 Å². The van der Waals surface area contributed by atoms with Gasteiger partial charge in [-0.3, -0.25) is 9.69 Å². The van der Waals surface area contributed by atoms with Crippen LogP contribution in [0.25, 0.3) is 10.8 Å². The zero-order valence-corrected chi connectivity index (χ0v) is 14.5. The molecule has 0 saturated carbocycles. The van der Waals surface area contributed by atoms with Gasteiger partial charge in [0.2, 0.25) is 0 Å². The molecule has 1 amide bonds. The molecular formula is C16H18F3N3O2S. The number of carbonyl (C=O) groups is 1. The van der Waals surface area contributed by atoms with E-state index in [4.69, 9.17) is 4.42 Å². The van der Waals surface area contributed by atoms with Crippen LogP contribution in [0.5, 0.6) is 0 Å². The Morgan fingerprint density at radius 2 is 2.12 bits per heavy atom. The summed E-state index contributed by atoms with van der Waals surface area (Å²) in [5, 5.41) is 0.624. The van der Waals surface area contributed by atoms with Crippen molar-refractivity contribution in [2.45, 2.75) is 19.5 Å². The Balaban J connectivity index is 1.69. The first-order valence-corrected chi connectivity index (χ1v) is 8.75. The highest BCUT2D eigenvalue weighted by molar-refractivity contribution is 7.15. The van der Waals surface area contributed by atoms with Crippen LogP contribution in [0.1, 0.15) is 21.8 Å². The van der Waals surface area contributed by atoms with Crippen LogP contribution >= 0.6 is 11.3 Å². The van der Waals surface area contributed by atoms with Crippen LogP contribution in [0.4, 0.5) is 13.2 Å². The molecule has 25 heavy (non-hydrogen) atoms. The summed E-state index contributed by atoms with van der Waals surface area (Å²) in [6.07, 6.45) is -2.17. The molecule has 2 aromatic rings. The molecule has 3 heterocycles. The van der Waals surface area contributed by atoms with Crippen LogP contribution in [0, 0.1) is 6.92 Å². The smallest absolute Gasteiger partial charge is 0.401 e. The summed E-state index contributed by atoms with van der Waals surface area (Å²) in [6, 6.07) is 3.52. The quantitative estimate of drug-likeness (QED) is 0.827. The zero-order chi connectivity index (χ0) is 18.0. The van der Waals surface area contributed by atoms with Crippen molar-refractivity contribution in [3.63, 3.8) is 0 Å². The van der Waals surface area contributed by atoms with Crippen molar-refractivity contribution in [3.8, 4) is 10.8 Å². The Morgan fingerprint density at radius 1 is 1.32 bits per heavy atom. The fourth-order valence-electron chi connectivity index (χ4n) is 2.84. The van der Waals surface area contributed by atoms with Crippen LogP contribution in [-0.4, -0.2) is 59.6 Å². The molecule has 0 spiro atoms. The van der Waals surface area contributed by atoms with Crippen molar-refractivity contribution in [2.24, 2.45) is 0 Å². The third kappa shape index (κ3) is 4.40. The standard InChI is InChI=1S/C16H18F3N3O2S/c1-11-13(20-14(25-11)12-4-2-9-24-12)15(23)22-6-3-5-21(7-8-22)10-16(17,18)19/h2,4,9H,3,5-8,10H2,1H3. The number of hydrogen-bond acceptors (Lipinski definition) is 5. The topological polar surface area (TPSA) is 49.6 Å². The number of rotatable bonds is 3. The van der Waals surface area contributed by atoms with Gasteiger partial charge < -0.3 is 9.32 Å². The number of aromatic nitrogens is 1. The molecule has 136 valence electrons. The van der Waals surface area contributed by atoms with E-state index in [1.165, 1.54) is 22.5 Å². The minimum atomic E-state index is -4.22. The highest BCUT2D eigenvalue weighted by Gasteiger charge is 2.32. The van der Waals surface area contributed by atoms with Gasteiger partial charge in [0.15, 0.2) is 10.8 Å². The van der Waals surface area contributed by atoms with Crippen LogP contribution in [0.2, 0.25) is 0 Å². The predicted octanol–water partition coefficient (Wildman–Crippen LogP) is 3.42. The molecule has 0 radical (unpaired) electrons. The molecule has 1 aliphatic rings. The number of halogens is 3. The van der Waals surface area contributed by atoms with E-state index in [-0.39, 0.29) is 19.0 Å². The molecule has 0 unspecified atom stereocenters. The van der Waals surface area contributed by atoms with E-state index in [1.54, 1.807) is 17.0 Å². The van der Waals surface area contributed by atoms with Crippen molar-refractivity contribution < 1.29 is 22.4 Å². The lowest BCUT2D eigenvalue weighted by Crippen LogP contribution is -2.38. The number of nitrogens with zero attached hydrogens (tertiary/aromatic N) is 3. The molecular weight excluding hydrogens is 355 g/mol. The Labute approximate surface area is 147 Å². The Morgan fingerprint density at radius 3 is 2.80 bits per heavy atom. The van der Waals surface area contributed by atoms with E-state index in [0.29, 0.717) is 36.0 Å². The maximum atomic E-state index is 12.7. The number of hydrogen-bond donors (Lipinski definition) is 0. The zero-order valence-electron chi connectivity index (χ0n) is 13.7. The van der Waals surface area contributed by atoms with E-state index in [9.17, 15) is 18.0 Å². The minimum absolute atomic E-state index is 0.208. The summed E-state index contributed by atoms with van der Waals surface area (Å²) in [4.78, 5) is 20.8. The highest BCUT2D eigenvalue weighted by Crippen LogP contribution is 2.28. The number of aryl methyl sites for hydroxylation is 1. The van der Waals surface area contributed by atoms with Crippen LogP contribution in [0.15, 0.2) is 22.8 Å². The van der Waals surface area contributed by atoms with Crippen molar-refractivity contribution >= 4 is 17.2 Å². The highest BCUT2D eigenvalue weighted by atomic mass is 32.1. The van der Waals surface area contributed by atoms with Crippen LogP contribution in [0.3, 0.4) is 0 Å². The summed E-state index contributed by atoms with van der Waals surface area (Å²) < 4.78 is 42.9. The van der Waals surface area contributed by atoms with Gasteiger partial charge in [-0.1, -0.05) is 0 Å². The average molecular weight is 373 g/mol. The summed E-state index contributed by atoms with van der Waals surface area (Å²) >= 11 is 1.37. The number of alkyl halides is 3. The van der Waals surface area contributed by atoms with E-state index in [1.807, 2.05) is 6.92 Å². The molecule has 0 aromatic carbocycles. The maximum Gasteiger partial charge on any atom is 0.401 e. The number of carbonyl (C=O) groups excluding carboxylic acids is 1. The van der Waals surface area contributed by atoms with Crippen molar-refractivity contribution in [2.75, 3.05) is 32.7 Å². The summed E-state index contributed by atoms with van der Waals surface area (Å²) in [7, 11) is 0. The monoisotopic (exact) mass is 373 g/mol. The van der Waals surface area contributed by atoms with Gasteiger partial charge >= 0.3 is 6.18 Å². The second-order valence-corrected chi connectivity index (χ2v) is 7.14. The lowest BCUT2D eigenvalue weighted by molar-refractivity contribution is -0.145. The molecule has 1 saturated heterocycles. The molecule has 1 aliphatic heterocycles. The maximum absolute atomic E-state index is 12.7. The van der Waals surface area contributed by atoms with Gasteiger partial charge in [0.05, 0.1) is 12.8 Å². The first-order valence-electron chi connectivity index (χ1n) is 7.93. The Kier molecular flexibility index (Phi) is 5.14. The molecule has 0 N–H and O–H groups in total. The Bertz CT molecular complexity index is 728. The third-order valence-electron chi connectivity index (χ3n) is 4.01. The largest absolute Gasteiger partial charge is 0.462 e. The predicted molar refractivity (Wildman–Crippen MR) is 87.6 cm³/mol. The van der Waals surface area contributed by atoms with Crippen molar-refractivity contribution in [1.29, 1.82) is 0 Å². The second kappa shape index (κ2) is 7.17. The third-order valence-corrected chi connectivity index (χ3v) is 5.00. The summed E-state index contributed by atoms with van der Waals surface area (Å²) in [5.74, 6) is 0.361. The van der Waals surface area contributed by atoms with Gasteiger partial charge in [-0.2, -0.15) is 13.2 Å². The van der Waals surface area contributed by atoms with E-state index in [2.05, 4.69) is 4.98 Å². The average Bonchev–Trinajstić information content (AvgIpc) is 3.12. The first-order chi connectivity index (χ1) is 11.8. The van der Waals surface area contributed by atoms with Gasteiger partial charge in [0.1, 0.15) is 5.69 Å². The van der Waals surface area contributed by atoms with Gasteiger partial charge in [-0.15, -0.1) is 11.3 Å². The molecule has 9 heteroatoms. The molecule has 0 aliphatic carbocycles. The van der Waals surface area contributed by atoms with E-state index >= 15 is 0 Å². The van der Waals surface area contributed by atoms with Crippen LogP contribution < -0.4 is 0 Å². The van der Waals surface area contributed by atoms with Crippen molar-refractivity contribution in [3.05, 3.63) is 29.0 Å². The summed E-state index contributed by atoms with van der Waals surface area (Å²) in [6.45, 7) is 2.11. The normalized spacial score (nSPS) is 16.9. The van der Waals surface area contributed by atoms with Gasteiger partial charge in [0.25, 0.3) is 5.91 Å². The fourth-order valence-corrected chi connectivity index (χ4v) is 3.71. The van der Waals surface area contributed by atoms with Gasteiger partial charge in [0, 0.05) is 31.1 Å². The van der Waals surface area contributed by atoms with E-state index < -0.39 is 12.7 Å². The number of furan rings is 1. The van der Waals surface area contributed by atoms with Gasteiger partial charge in [-0.05, 0) is 25.5 Å². The number of thiazole rings is 1. The van der Waals surface area contributed by atoms with Crippen LogP contribution in [-0.2, 0) is 0 Å². The lowest BCUT2D eigenvalue weighted by Gasteiger charge is -2.22. The lowest BCUT2D eigenvalue weighted by atomic mass is 10.3. The minimum Gasteiger partial charge on any atom is -0.462 e. The first kappa shape index (κ1) is 17.9. The second-order valence-electron chi connectivity index (χ2n) is 5.94. The summed E-state index contributed by atoms with van der Waals surface area (Å²) in [5.41, 5.74) is 0.348. The number of amides is 1. The van der Waals surface area contributed by atoms with E-state index in [0.717, 1.165) is 4.88 Å². The molecule has 0 atom stereocenters.